The molecule has 2 heterocycles. The number of carbonyl (C=O) groups is 1. The second-order valence-electron chi connectivity index (χ2n) is 5.88. The first-order valence-corrected chi connectivity index (χ1v) is 8.19. The summed E-state index contributed by atoms with van der Waals surface area (Å²) in [5.41, 5.74) is -1.88. The number of alkyl halides is 3. The first-order chi connectivity index (χ1) is 13.6. The van der Waals surface area contributed by atoms with Crippen LogP contribution in [0.2, 0.25) is 0 Å². The van der Waals surface area contributed by atoms with E-state index in [0.29, 0.717) is 12.1 Å². The van der Waals surface area contributed by atoms with Crippen molar-refractivity contribution in [2.24, 2.45) is 0 Å². The van der Waals surface area contributed by atoms with E-state index >= 15 is 0 Å². The molecule has 0 atom stereocenters. The average Bonchev–Trinajstić information content (AvgIpc) is 3.10. The largest absolute Gasteiger partial charge is 0.433 e. The number of aromatic nitrogens is 3. The van der Waals surface area contributed by atoms with Crippen LogP contribution in [0.15, 0.2) is 30.5 Å². The number of hydrogen-bond acceptors (Lipinski definition) is 3. The molecular formula is C18H12F6N4O. The van der Waals surface area contributed by atoms with Crippen molar-refractivity contribution in [3.63, 3.8) is 0 Å². The van der Waals surface area contributed by atoms with Gasteiger partial charge in [-0.05, 0) is 30.7 Å². The van der Waals surface area contributed by atoms with Crippen molar-refractivity contribution in [2.75, 3.05) is 5.32 Å². The first kappa shape index (κ1) is 20.4. The summed E-state index contributed by atoms with van der Waals surface area (Å²) in [6.07, 6.45) is -3.41. The van der Waals surface area contributed by atoms with Crippen molar-refractivity contribution >= 4 is 11.7 Å². The quantitative estimate of drug-likeness (QED) is 0.479. The highest BCUT2D eigenvalue weighted by Crippen LogP contribution is 2.35. The van der Waals surface area contributed by atoms with E-state index in [-0.39, 0.29) is 29.1 Å². The molecule has 0 aliphatic carbocycles. The molecule has 0 radical (unpaired) electrons. The number of pyridine rings is 1. The van der Waals surface area contributed by atoms with Crippen LogP contribution in [0.4, 0.5) is 32.2 Å². The number of nitrogens with one attached hydrogen (secondary N) is 2. The molecule has 152 valence electrons. The zero-order valence-electron chi connectivity index (χ0n) is 14.7. The van der Waals surface area contributed by atoms with E-state index in [1.165, 1.54) is 19.1 Å². The number of hydrogen-bond donors (Lipinski definition) is 2. The molecule has 2 aromatic heterocycles. The summed E-state index contributed by atoms with van der Waals surface area (Å²) in [5.74, 6) is -5.73. The van der Waals surface area contributed by atoms with Crippen LogP contribution in [0, 0.1) is 17.5 Å². The lowest BCUT2D eigenvalue weighted by Gasteiger charge is -2.08. The minimum absolute atomic E-state index is 0.0346. The number of halogens is 6. The predicted molar refractivity (Wildman–Crippen MR) is 90.5 cm³/mol. The Hall–Kier alpha value is -3.37. The second-order valence-corrected chi connectivity index (χ2v) is 5.88. The number of anilines is 1. The lowest BCUT2D eigenvalue weighted by Crippen LogP contribution is -2.17. The van der Waals surface area contributed by atoms with Gasteiger partial charge in [-0.1, -0.05) is 6.92 Å². The third-order valence-corrected chi connectivity index (χ3v) is 4.05. The van der Waals surface area contributed by atoms with Gasteiger partial charge in [-0.2, -0.15) is 18.3 Å². The number of rotatable bonds is 4. The van der Waals surface area contributed by atoms with Crippen LogP contribution in [0.1, 0.15) is 28.5 Å². The van der Waals surface area contributed by atoms with Crippen molar-refractivity contribution in [1.29, 1.82) is 0 Å². The van der Waals surface area contributed by atoms with E-state index in [9.17, 15) is 31.1 Å². The highest BCUT2D eigenvalue weighted by atomic mass is 19.4. The van der Waals surface area contributed by atoms with Gasteiger partial charge in [-0.15, -0.1) is 0 Å². The Kier molecular flexibility index (Phi) is 5.31. The Morgan fingerprint density at radius 2 is 1.79 bits per heavy atom. The summed E-state index contributed by atoms with van der Waals surface area (Å²) >= 11 is 0. The van der Waals surface area contributed by atoms with Crippen molar-refractivity contribution < 1.29 is 31.1 Å². The summed E-state index contributed by atoms with van der Waals surface area (Å²) in [6, 6.07) is 3.69. The van der Waals surface area contributed by atoms with Gasteiger partial charge in [0.1, 0.15) is 22.9 Å². The van der Waals surface area contributed by atoms with Crippen molar-refractivity contribution in [3.05, 3.63) is 64.7 Å². The predicted octanol–water partition coefficient (Wildman–Crippen LogP) is 4.72. The van der Waals surface area contributed by atoms with Gasteiger partial charge in [0.05, 0.1) is 5.69 Å². The van der Waals surface area contributed by atoms with E-state index in [0.717, 1.165) is 6.20 Å². The standard InChI is InChI=1S/C18H12F6N4O/c1-2-9-15(27-28-16(9)18(22,23)24)8-3-6-12(25-7-8)26-17(29)13-10(19)4-5-11(20)14(13)21/h3-7H,2H2,1H3,(H,27,28)(H,25,26,29). The molecule has 0 aliphatic heterocycles. The normalized spacial score (nSPS) is 11.6. The molecule has 0 unspecified atom stereocenters. The fourth-order valence-corrected chi connectivity index (χ4v) is 2.70. The zero-order valence-corrected chi connectivity index (χ0v) is 14.7. The number of H-pyrrole nitrogens is 1. The fourth-order valence-electron chi connectivity index (χ4n) is 2.70. The minimum atomic E-state index is -4.60. The summed E-state index contributed by atoms with van der Waals surface area (Å²) in [7, 11) is 0. The second kappa shape index (κ2) is 7.57. The molecule has 2 N–H and O–H groups in total. The minimum Gasteiger partial charge on any atom is -0.306 e. The van der Waals surface area contributed by atoms with Gasteiger partial charge in [0.2, 0.25) is 0 Å². The van der Waals surface area contributed by atoms with Crippen LogP contribution in [-0.4, -0.2) is 21.1 Å². The summed E-state index contributed by atoms with van der Waals surface area (Å²) in [4.78, 5) is 15.9. The molecule has 0 spiro atoms. The van der Waals surface area contributed by atoms with Gasteiger partial charge in [0.25, 0.3) is 5.91 Å². The third-order valence-electron chi connectivity index (χ3n) is 4.05. The van der Waals surface area contributed by atoms with Crippen LogP contribution in [0.3, 0.4) is 0 Å². The SMILES string of the molecule is CCc1c(-c2ccc(NC(=O)c3c(F)ccc(F)c3F)nc2)n[nH]c1C(F)(F)F. The average molecular weight is 414 g/mol. The monoisotopic (exact) mass is 414 g/mol. The third kappa shape index (κ3) is 3.93. The van der Waals surface area contributed by atoms with Crippen LogP contribution in [0.5, 0.6) is 0 Å². The topological polar surface area (TPSA) is 70.7 Å². The van der Waals surface area contributed by atoms with E-state index in [1.54, 1.807) is 0 Å². The molecule has 0 saturated carbocycles. The lowest BCUT2D eigenvalue weighted by atomic mass is 10.1. The molecule has 0 saturated heterocycles. The van der Waals surface area contributed by atoms with Gasteiger partial charge in [-0.25, -0.2) is 18.2 Å². The Bertz CT molecular complexity index is 1060. The molecule has 11 heteroatoms. The van der Waals surface area contributed by atoms with Gasteiger partial charge in [0.15, 0.2) is 11.6 Å². The van der Waals surface area contributed by atoms with Gasteiger partial charge >= 0.3 is 6.18 Å². The van der Waals surface area contributed by atoms with E-state index in [1.807, 2.05) is 5.10 Å². The highest BCUT2D eigenvalue weighted by Gasteiger charge is 2.36. The number of amides is 1. The summed E-state index contributed by atoms with van der Waals surface area (Å²) < 4.78 is 79.6. The molecule has 0 fully saturated rings. The Balaban J connectivity index is 1.86. The number of benzene rings is 1. The summed E-state index contributed by atoms with van der Waals surface area (Å²) in [5, 5.41) is 7.74. The van der Waals surface area contributed by atoms with E-state index < -0.39 is 40.8 Å². The maximum absolute atomic E-state index is 13.7. The number of nitrogens with zero attached hydrogens (tertiary/aromatic N) is 2. The number of carbonyl (C=O) groups excluding carboxylic acids is 1. The molecule has 5 nitrogen and oxygen atoms in total. The molecule has 3 rings (SSSR count). The maximum atomic E-state index is 13.7. The van der Waals surface area contributed by atoms with Gasteiger partial charge in [0, 0.05) is 17.3 Å². The highest BCUT2D eigenvalue weighted by molar-refractivity contribution is 6.04. The smallest absolute Gasteiger partial charge is 0.306 e. The molecule has 0 bridgehead atoms. The summed E-state index contributed by atoms with van der Waals surface area (Å²) in [6.45, 7) is 1.54. The van der Waals surface area contributed by atoms with Gasteiger partial charge in [-0.3, -0.25) is 9.89 Å². The maximum Gasteiger partial charge on any atom is 0.433 e. The molecule has 1 aromatic carbocycles. The molecule has 3 aromatic rings. The molecule has 1 amide bonds. The Labute approximate surface area is 159 Å². The van der Waals surface area contributed by atoms with Gasteiger partial charge < -0.3 is 5.32 Å². The van der Waals surface area contributed by atoms with Crippen molar-refractivity contribution in [1.82, 2.24) is 15.2 Å². The Morgan fingerprint density at radius 3 is 2.38 bits per heavy atom. The zero-order chi connectivity index (χ0) is 21.3. The van der Waals surface area contributed by atoms with Crippen LogP contribution in [-0.2, 0) is 12.6 Å². The lowest BCUT2D eigenvalue weighted by molar-refractivity contribution is -0.141. The van der Waals surface area contributed by atoms with Crippen LogP contribution >= 0.6 is 0 Å². The van der Waals surface area contributed by atoms with E-state index in [2.05, 4.69) is 15.4 Å². The Morgan fingerprint density at radius 1 is 1.10 bits per heavy atom. The van der Waals surface area contributed by atoms with Crippen LogP contribution in [0.25, 0.3) is 11.3 Å². The number of aromatic amines is 1. The molecule has 0 aliphatic rings. The fraction of sp³-hybridized carbons (Fsp3) is 0.167. The van der Waals surface area contributed by atoms with Crippen molar-refractivity contribution in [2.45, 2.75) is 19.5 Å². The van der Waals surface area contributed by atoms with Crippen LogP contribution < -0.4 is 5.32 Å². The molecule has 29 heavy (non-hydrogen) atoms. The van der Waals surface area contributed by atoms with E-state index in [4.69, 9.17) is 0 Å². The molecular weight excluding hydrogens is 402 g/mol. The van der Waals surface area contributed by atoms with Crippen molar-refractivity contribution in [3.8, 4) is 11.3 Å². The first-order valence-electron chi connectivity index (χ1n) is 8.19.